The maximum absolute atomic E-state index is 13.2. The van der Waals surface area contributed by atoms with Gasteiger partial charge in [-0.1, -0.05) is 0 Å². The monoisotopic (exact) mass is 666 g/mol. The molecule has 230 valence electrons. The first-order valence-electron chi connectivity index (χ1n) is 16.3. The summed E-state index contributed by atoms with van der Waals surface area (Å²) in [4.78, 5) is 15.2. The third-order valence-corrected chi connectivity index (χ3v) is 23.4. The van der Waals surface area contributed by atoms with Crippen molar-refractivity contribution in [3.8, 4) is 0 Å². The number of carbonyl (C=O) groups is 1. The number of carbonyl (C=O) groups excluding carboxylic acids is 1. The zero-order valence-electron chi connectivity index (χ0n) is 26.9. The summed E-state index contributed by atoms with van der Waals surface area (Å²) in [5.41, 5.74) is 6.50. The first-order chi connectivity index (χ1) is 19.1. The molecule has 0 bridgehead atoms. The minimum atomic E-state index is -2.44. The quantitative estimate of drug-likeness (QED) is 0.0912. The standard InChI is InChI=1S/C22H35N2O3.3C4H9.Sn/c1-22(2,3)27-21(26)15-8-5-11-17-24(20(25)14-9-10-16-23)18-19-12-6-4-7-13-19;3*1-3-4-2;/h6-7,12-13,15,26H,5,8-11,14,16-18,23H2,1-3H3;3*1,3-4H2,2H3;. The van der Waals surface area contributed by atoms with Crippen LogP contribution >= 0.6 is 0 Å². The molecule has 0 unspecified atom stereocenters. The number of amides is 1. The Morgan fingerprint density at radius 1 is 0.900 bits per heavy atom. The van der Waals surface area contributed by atoms with Crippen LogP contribution in [0.2, 0.25) is 13.3 Å². The molecule has 1 aromatic rings. The van der Waals surface area contributed by atoms with Crippen molar-refractivity contribution in [1.29, 1.82) is 0 Å². The summed E-state index contributed by atoms with van der Waals surface area (Å²) in [6.07, 6.45) is 14.5. The molecule has 0 aliphatic carbocycles. The molecule has 6 heteroatoms. The second-order valence-corrected chi connectivity index (χ2v) is 25.8. The molecule has 2 radical (unpaired) electrons. The van der Waals surface area contributed by atoms with E-state index in [1.54, 1.807) is 10.0 Å². The fraction of sp³-hybridized carbons (Fsp3) is 0.735. The van der Waals surface area contributed by atoms with Crippen molar-refractivity contribution in [3.63, 3.8) is 0 Å². The zero-order chi connectivity index (χ0) is 29.9. The van der Waals surface area contributed by atoms with E-state index in [1.807, 2.05) is 25.7 Å². The maximum atomic E-state index is 13.2. The second-order valence-electron chi connectivity index (χ2n) is 12.6. The SMILES string of the molecule is CCC[CH2][Sn]([CH2]CCC)([CH2]CCC)[c]1ccc(CN(CCCC[CH][C](O)OC(C)(C)C)C(=O)CCCCN)cc1. The van der Waals surface area contributed by atoms with E-state index in [0.717, 1.165) is 38.6 Å². The van der Waals surface area contributed by atoms with Crippen LogP contribution in [0.15, 0.2) is 24.3 Å². The molecular formula is C34H62N2O3Sn. The summed E-state index contributed by atoms with van der Waals surface area (Å²) in [5.74, 6) is 0.217. The molecule has 0 aliphatic heterocycles. The van der Waals surface area contributed by atoms with Gasteiger partial charge in [0.05, 0.1) is 5.60 Å². The topological polar surface area (TPSA) is 75.8 Å². The number of ether oxygens (including phenoxy) is 1. The molecule has 1 aromatic carbocycles. The Balaban J connectivity index is 2.91. The molecule has 3 N–H and O–H groups in total. The number of hydrogen-bond acceptors (Lipinski definition) is 4. The van der Waals surface area contributed by atoms with Crippen LogP contribution in [0.25, 0.3) is 0 Å². The number of benzene rings is 1. The molecular weight excluding hydrogens is 603 g/mol. The molecule has 0 heterocycles. The van der Waals surface area contributed by atoms with Gasteiger partial charge in [-0.3, -0.25) is 0 Å². The van der Waals surface area contributed by atoms with Gasteiger partial charge < -0.3 is 9.84 Å². The van der Waals surface area contributed by atoms with E-state index in [1.165, 1.54) is 57.4 Å². The van der Waals surface area contributed by atoms with E-state index in [2.05, 4.69) is 45.0 Å². The van der Waals surface area contributed by atoms with Crippen LogP contribution in [-0.2, 0) is 16.1 Å². The second kappa shape index (κ2) is 21.1. The molecule has 0 aliphatic rings. The van der Waals surface area contributed by atoms with Crippen LogP contribution < -0.4 is 9.31 Å². The van der Waals surface area contributed by atoms with E-state index < -0.39 is 24.0 Å². The van der Waals surface area contributed by atoms with Crippen molar-refractivity contribution in [2.75, 3.05) is 13.1 Å². The number of unbranched alkanes of at least 4 members (excludes halogenated alkanes) is 6. The summed E-state index contributed by atoms with van der Waals surface area (Å²) in [6, 6.07) is 9.53. The van der Waals surface area contributed by atoms with Gasteiger partial charge in [0.25, 0.3) is 0 Å². The van der Waals surface area contributed by atoms with Gasteiger partial charge in [-0.2, -0.15) is 0 Å². The van der Waals surface area contributed by atoms with Crippen molar-refractivity contribution in [3.05, 3.63) is 42.5 Å². The summed E-state index contributed by atoms with van der Waals surface area (Å²) in [6.45, 7) is 14.8. The van der Waals surface area contributed by atoms with Crippen molar-refractivity contribution in [2.45, 2.75) is 144 Å². The molecule has 1 amide bonds. The van der Waals surface area contributed by atoms with Gasteiger partial charge >= 0.3 is 217 Å². The van der Waals surface area contributed by atoms with Gasteiger partial charge in [0.15, 0.2) is 0 Å². The Bertz CT molecular complexity index is 757. The summed E-state index contributed by atoms with van der Waals surface area (Å²) >= 11 is -2.44. The van der Waals surface area contributed by atoms with E-state index in [0.29, 0.717) is 19.5 Å². The molecule has 0 aromatic heterocycles. The molecule has 0 atom stereocenters. The number of aliphatic hydroxyl groups is 1. The van der Waals surface area contributed by atoms with Crippen LogP contribution in [0.5, 0.6) is 0 Å². The fourth-order valence-electron chi connectivity index (χ4n) is 5.44. The van der Waals surface area contributed by atoms with Crippen molar-refractivity contribution in [2.24, 2.45) is 5.73 Å². The van der Waals surface area contributed by atoms with Crippen molar-refractivity contribution >= 4 is 27.9 Å². The van der Waals surface area contributed by atoms with E-state index >= 15 is 0 Å². The molecule has 0 spiro atoms. The van der Waals surface area contributed by atoms with Gasteiger partial charge in [0.2, 0.25) is 0 Å². The third-order valence-electron chi connectivity index (χ3n) is 7.78. The first kappa shape index (κ1) is 37.4. The third kappa shape index (κ3) is 15.6. The van der Waals surface area contributed by atoms with Crippen molar-refractivity contribution in [1.82, 2.24) is 4.90 Å². The number of aliphatic hydroxyl groups excluding tert-OH is 1. The van der Waals surface area contributed by atoms with Crippen LogP contribution in [0.4, 0.5) is 0 Å². The van der Waals surface area contributed by atoms with Crippen molar-refractivity contribution < 1.29 is 14.6 Å². The number of nitrogens with zero attached hydrogens (tertiary/aromatic N) is 1. The normalized spacial score (nSPS) is 12.3. The van der Waals surface area contributed by atoms with E-state index in [9.17, 15) is 9.90 Å². The van der Waals surface area contributed by atoms with Crippen LogP contribution in [0.1, 0.15) is 124 Å². The molecule has 0 saturated heterocycles. The van der Waals surface area contributed by atoms with Gasteiger partial charge in [-0.05, 0) is 20.8 Å². The fourth-order valence-corrected chi connectivity index (χ4v) is 21.4. The van der Waals surface area contributed by atoms with Crippen LogP contribution in [-0.4, -0.2) is 53.0 Å². The average Bonchev–Trinajstić information content (AvgIpc) is 2.91. The Labute approximate surface area is 251 Å². The van der Waals surface area contributed by atoms with E-state index in [4.69, 9.17) is 10.5 Å². The van der Waals surface area contributed by atoms with Gasteiger partial charge in [0.1, 0.15) is 0 Å². The minimum absolute atomic E-state index is 0.0134. The summed E-state index contributed by atoms with van der Waals surface area (Å²) in [5, 5.41) is 9.99. The number of hydrogen-bond donors (Lipinski definition) is 2. The first-order valence-corrected chi connectivity index (χ1v) is 23.7. The van der Waals surface area contributed by atoms with E-state index in [-0.39, 0.29) is 12.2 Å². The predicted molar refractivity (Wildman–Crippen MR) is 173 cm³/mol. The molecule has 0 fully saturated rings. The van der Waals surface area contributed by atoms with Crippen LogP contribution in [0.3, 0.4) is 0 Å². The zero-order valence-corrected chi connectivity index (χ0v) is 29.8. The Morgan fingerprint density at radius 2 is 1.48 bits per heavy atom. The Morgan fingerprint density at radius 3 is 1.98 bits per heavy atom. The molecule has 5 nitrogen and oxygen atoms in total. The van der Waals surface area contributed by atoms with Crippen LogP contribution in [0, 0.1) is 12.7 Å². The predicted octanol–water partition coefficient (Wildman–Crippen LogP) is 8.25. The van der Waals surface area contributed by atoms with Gasteiger partial charge in [-0.25, -0.2) is 0 Å². The van der Waals surface area contributed by atoms with Gasteiger partial charge in [0, 0.05) is 0 Å². The number of nitrogens with two attached hydrogens (primary N) is 1. The summed E-state index contributed by atoms with van der Waals surface area (Å²) in [7, 11) is 0. The Kier molecular flexibility index (Phi) is 19.7. The molecule has 1 rings (SSSR count). The average molecular weight is 666 g/mol. The number of rotatable bonds is 23. The molecule has 40 heavy (non-hydrogen) atoms. The Hall–Kier alpha value is -0.631. The molecule has 0 saturated carbocycles. The van der Waals surface area contributed by atoms with Gasteiger partial charge in [-0.15, -0.1) is 0 Å². The summed E-state index contributed by atoms with van der Waals surface area (Å²) < 4.78 is 11.6.